The van der Waals surface area contributed by atoms with Crippen molar-refractivity contribution >= 4 is 11.8 Å². The van der Waals surface area contributed by atoms with Crippen molar-refractivity contribution in [2.45, 2.75) is 38.3 Å². The van der Waals surface area contributed by atoms with Crippen molar-refractivity contribution < 1.29 is 22.8 Å². The molecule has 0 bridgehead atoms. The molecule has 0 radical (unpaired) electrons. The third kappa shape index (κ3) is 5.67. The molecule has 0 spiro atoms. The van der Waals surface area contributed by atoms with Gasteiger partial charge in [-0.3, -0.25) is 14.5 Å². The normalized spacial score (nSPS) is 22.3. The number of alkyl halides is 3. The third-order valence-electron chi connectivity index (χ3n) is 4.76. The first-order chi connectivity index (χ1) is 10.7. The van der Waals surface area contributed by atoms with Crippen molar-refractivity contribution in [2.75, 3.05) is 32.7 Å². The fourth-order valence-electron chi connectivity index (χ4n) is 3.49. The molecule has 2 fully saturated rings. The van der Waals surface area contributed by atoms with Crippen molar-refractivity contribution in [1.82, 2.24) is 9.80 Å². The van der Waals surface area contributed by atoms with E-state index in [1.807, 2.05) is 0 Å². The minimum Gasteiger partial charge on any atom is -0.370 e. The summed E-state index contributed by atoms with van der Waals surface area (Å²) < 4.78 is 37.1. The largest absolute Gasteiger partial charge is 0.401 e. The molecule has 132 valence electrons. The van der Waals surface area contributed by atoms with Crippen molar-refractivity contribution in [3.05, 3.63) is 0 Å². The van der Waals surface area contributed by atoms with Crippen LogP contribution in [0.5, 0.6) is 0 Å². The lowest BCUT2D eigenvalue weighted by Gasteiger charge is -2.37. The number of halogens is 3. The Hall–Kier alpha value is -1.31. The molecular weight excluding hydrogens is 311 g/mol. The molecule has 0 aromatic rings. The van der Waals surface area contributed by atoms with Gasteiger partial charge in [0.05, 0.1) is 6.54 Å². The molecule has 2 heterocycles. The number of nitrogens with zero attached hydrogens (tertiary/aromatic N) is 2. The molecule has 0 unspecified atom stereocenters. The summed E-state index contributed by atoms with van der Waals surface area (Å²) in [6.07, 6.45) is -1.33. The predicted molar refractivity (Wildman–Crippen MR) is 78.3 cm³/mol. The molecule has 2 saturated heterocycles. The molecule has 2 amide bonds. The molecule has 0 aromatic carbocycles. The fraction of sp³-hybridized carbons (Fsp3) is 0.867. The van der Waals surface area contributed by atoms with E-state index in [9.17, 15) is 22.8 Å². The first-order valence-electron chi connectivity index (χ1n) is 8.11. The SMILES string of the molecule is NC(=O)CC1CCN(C(=O)C2CCN(CC(F)(F)F)CC2)CC1. The quantitative estimate of drug-likeness (QED) is 0.844. The van der Waals surface area contributed by atoms with E-state index in [-0.39, 0.29) is 23.7 Å². The number of hydrogen-bond acceptors (Lipinski definition) is 3. The molecule has 0 aromatic heterocycles. The minimum atomic E-state index is -4.18. The van der Waals surface area contributed by atoms with E-state index < -0.39 is 12.7 Å². The van der Waals surface area contributed by atoms with Crippen molar-refractivity contribution in [3.8, 4) is 0 Å². The van der Waals surface area contributed by atoms with Crippen LogP contribution >= 0.6 is 0 Å². The van der Waals surface area contributed by atoms with Gasteiger partial charge in [-0.15, -0.1) is 0 Å². The minimum absolute atomic E-state index is 0.0502. The third-order valence-corrected chi connectivity index (χ3v) is 4.76. The summed E-state index contributed by atoms with van der Waals surface area (Å²) in [7, 11) is 0. The highest BCUT2D eigenvalue weighted by Gasteiger charge is 2.35. The molecule has 0 aliphatic carbocycles. The monoisotopic (exact) mass is 335 g/mol. The predicted octanol–water partition coefficient (Wildman–Crippen LogP) is 1.37. The average molecular weight is 335 g/mol. The van der Waals surface area contributed by atoms with Crippen molar-refractivity contribution in [3.63, 3.8) is 0 Å². The zero-order valence-corrected chi connectivity index (χ0v) is 13.1. The van der Waals surface area contributed by atoms with Crippen LogP contribution in [0.4, 0.5) is 13.2 Å². The number of rotatable bonds is 4. The topological polar surface area (TPSA) is 66.6 Å². The Morgan fingerprint density at radius 1 is 1.00 bits per heavy atom. The standard InChI is InChI=1S/C15H24F3N3O2/c16-15(17,18)10-20-5-3-12(4-6-20)14(23)21-7-1-11(2-8-21)9-13(19)22/h11-12H,1-10H2,(H2,19,22). The molecule has 23 heavy (non-hydrogen) atoms. The van der Waals surface area contributed by atoms with E-state index in [4.69, 9.17) is 5.73 Å². The Morgan fingerprint density at radius 2 is 1.57 bits per heavy atom. The van der Waals surface area contributed by atoms with Crippen LogP contribution < -0.4 is 5.73 Å². The van der Waals surface area contributed by atoms with Gasteiger partial charge in [0, 0.05) is 25.4 Å². The first kappa shape index (κ1) is 18.0. The summed E-state index contributed by atoms with van der Waals surface area (Å²) in [6, 6.07) is 0. The molecule has 0 atom stereocenters. The Morgan fingerprint density at radius 3 is 2.04 bits per heavy atom. The number of carbonyl (C=O) groups excluding carboxylic acids is 2. The average Bonchev–Trinajstić information content (AvgIpc) is 2.46. The molecule has 8 heteroatoms. The fourth-order valence-corrected chi connectivity index (χ4v) is 3.49. The van der Waals surface area contributed by atoms with Crippen LogP contribution in [-0.4, -0.2) is 60.5 Å². The van der Waals surface area contributed by atoms with Crippen LogP contribution in [0.15, 0.2) is 0 Å². The van der Waals surface area contributed by atoms with Crippen molar-refractivity contribution in [2.24, 2.45) is 17.6 Å². The Balaban J connectivity index is 1.74. The van der Waals surface area contributed by atoms with Gasteiger partial charge in [0.2, 0.25) is 11.8 Å². The van der Waals surface area contributed by atoms with Gasteiger partial charge in [0.25, 0.3) is 0 Å². The van der Waals surface area contributed by atoms with Crippen molar-refractivity contribution in [1.29, 1.82) is 0 Å². The number of amides is 2. The summed E-state index contributed by atoms with van der Waals surface area (Å²) in [5, 5.41) is 0. The lowest BCUT2D eigenvalue weighted by molar-refractivity contribution is -0.151. The molecule has 2 aliphatic heterocycles. The second kappa shape index (κ2) is 7.51. The molecular formula is C15H24F3N3O2. The zero-order valence-electron chi connectivity index (χ0n) is 13.1. The van der Waals surface area contributed by atoms with Crippen LogP contribution in [0.3, 0.4) is 0 Å². The van der Waals surface area contributed by atoms with E-state index in [1.54, 1.807) is 4.90 Å². The van der Waals surface area contributed by atoms with Gasteiger partial charge in [-0.2, -0.15) is 13.2 Å². The zero-order chi connectivity index (χ0) is 17.0. The number of piperidine rings is 2. The molecule has 2 N–H and O–H groups in total. The second-order valence-electron chi connectivity index (χ2n) is 6.60. The number of nitrogens with two attached hydrogens (primary N) is 1. The van der Waals surface area contributed by atoms with E-state index in [1.165, 1.54) is 4.90 Å². The molecule has 2 rings (SSSR count). The Kier molecular flexibility index (Phi) is 5.89. The summed E-state index contributed by atoms with van der Waals surface area (Å²) in [6.45, 7) is 0.952. The second-order valence-corrected chi connectivity index (χ2v) is 6.60. The lowest BCUT2D eigenvalue weighted by Crippen LogP contribution is -2.47. The van der Waals surface area contributed by atoms with Gasteiger partial charge in [0.1, 0.15) is 0 Å². The van der Waals surface area contributed by atoms with Gasteiger partial charge in [-0.25, -0.2) is 0 Å². The number of hydrogen-bond donors (Lipinski definition) is 1. The molecule has 2 aliphatic rings. The summed E-state index contributed by atoms with van der Waals surface area (Å²) >= 11 is 0. The summed E-state index contributed by atoms with van der Waals surface area (Å²) in [4.78, 5) is 26.5. The van der Waals surface area contributed by atoms with Crippen LogP contribution in [0.1, 0.15) is 32.1 Å². The Bertz CT molecular complexity index is 426. The van der Waals surface area contributed by atoms with E-state index in [0.717, 1.165) is 12.8 Å². The van der Waals surface area contributed by atoms with Gasteiger partial charge in [0.15, 0.2) is 0 Å². The van der Waals surface area contributed by atoms with Gasteiger partial charge in [-0.05, 0) is 44.7 Å². The van der Waals surface area contributed by atoms with Gasteiger partial charge < -0.3 is 10.6 Å². The van der Waals surface area contributed by atoms with E-state index in [0.29, 0.717) is 45.4 Å². The van der Waals surface area contributed by atoms with Crippen LogP contribution in [0.2, 0.25) is 0 Å². The number of carbonyl (C=O) groups is 2. The first-order valence-corrected chi connectivity index (χ1v) is 8.11. The molecule has 5 nitrogen and oxygen atoms in total. The highest BCUT2D eigenvalue weighted by Crippen LogP contribution is 2.26. The van der Waals surface area contributed by atoms with E-state index in [2.05, 4.69) is 0 Å². The van der Waals surface area contributed by atoms with Gasteiger partial charge in [-0.1, -0.05) is 0 Å². The smallest absolute Gasteiger partial charge is 0.370 e. The van der Waals surface area contributed by atoms with Crippen LogP contribution in [0.25, 0.3) is 0 Å². The van der Waals surface area contributed by atoms with Crippen LogP contribution in [-0.2, 0) is 9.59 Å². The van der Waals surface area contributed by atoms with E-state index >= 15 is 0 Å². The Labute approximate surface area is 134 Å². The summed E-state index contributed by atoms with van der Waals surface area (Å²) in [5.41, 5.74) is 5.19. The number of primary amides is 1. The lowest BCUT2D eigenvalue weighted by atomic mass is 9.90. The molecule has 0 saturated carbocycles. The maximum Gasteiger partial charge on any atom is 0.401 e. The van der Waals surface area contributed by atoms with Crippen LogP contribution in [0, 0.1) is 11.8 Å². The summed E-state index contributed by atoms with van der Waals surface area (Å²) in [5.74, 6) is -0.196. The maximum atomic E-state index is 12.5. The highest BCUT2D eigenvalue weighted by molar-refractivity contribution is 5.79. The number of likely N-dealkylation sites (tertiary alicyclic amines) is 2. The van der Waals surface area contributed by atoms with Gasteiger partial charge >= 0.3 is 6.18 Å². The maximum absolute atomic E-state index is 12.5. The highest BCUT2D eigenvalue weighted by atomic mass is 19.4.